The Bertz CT molecular complexity index is 314. The highest BCUT2D eigenvalue weighted by Gasteiger charge is 2.15. The fourth-order valence-corrected chi connectivity index (χ4v) is 3.18. The molecule has 1 N–H and O–H groups in total. The van der Waals surface area contributed by atoms with Crippen molar-refractivity contribution in [3.8, 4) is 0 Å². The van der Waals surface area contributed by atoms with Gasteiger partial charge in [-0.15, -0.1) is 11.3 Å². The van der Waals surface area contributed by atoms with E-state index in [-0.39, 0.29) is 6.61 Å². The van der Waals surface area contributed by atoms with Crippen molar-refractivity contribution in [3.05, 3.63) is 20.8 Å². The number of thiophene rings is 1. The van der Waals surface area contributed by atoms with E-state index >= 15 is 0 Å². The summed E-state index contributed by atoms with van der Waals surface area (Å²) in [5, 5.41) is 11.4. The van der Waals surface area contributed by atoms with Gasteiger partial charge in [0.25, 0.3) is 0 Å². The van der Waals surface area contributed by atoms with Crippen LogP contribution in [0.25, 0.3) is 0 Å². The topological polar surface area (TPSA) is 23.5 Å². The van der Waals surface area contributed by atoms with Crippen LogP contribution in [0.4, 0.5) is 0 Å². The first-order chi connectivity index (χ1) is 7.52. The van der Waals surface area contributed by atoms with Crippen molar-refractivity contribution in [1.29, 1.82) is 0 Å². The molecule has 1 atom stereocenters. The molecule has 16 heavy (non-hydrogen) atoms. The van der Waals surface area contributed by atoms with Crippen molar-refractivity contribution in [2.75, 3.05) is 20.2 Å². The van der Waals surface area contributed by atoms with Gasteiger partial charge in [0, 0.05) is 34.4 Å². The quantitative estimate of drug-likeness (QED) is 0.872. The Labute approximate surface area is 110 Å². The van der Waals surface area contributed by atoms with Crippen molar-refractivity contribution in [2.24, 2.45) is 11.8 Å². The van der Waals surface area contributed by atoms with Gasteiger partial charge in [0.1, 0.15) is 0 Å². The smallest absolute Gasteiger partial charge is 0.0473 e. The van der Waals surface area contributed by atoms with Crippen molar-refractivity contribution in [3.63, 3.8) is 0 Å². The number of hydrogen-bond donors (Lipinski definition) is 1. The van der Waals surface area contributed by atoms with Crippen LogP contribution in [0, 0.1) is 11.8 Å². The number of rotatable bonds is 6. The molecule has 0 amide bonds. The second kappa shape index (κ2) is 6.74. The minimum absolute atomic E-state index is 0.274. The van der Waals surface area contributed by atoms with E-state index < -0.39 is 0 Å². The molecule has 0 fully saturated rings. The van der Waals surface area contributed by atoms with Gasteiger partial charge in [0.2, 0.25) is 0 Å². The van der Waals surface area contributed by atoms with E-state index in [0.29, 0.717) is 11.8 Å². The van der Waals surface area contributed by atoms with E-state index in [4.69, 9.17) is 0 Å². The third-order valence-electron chi connectivity index (χ3n) is 2.77. The second-order valence-electron chi connectivity index (χ2n) is 4.61. The summed E-state index contributed by atoms with van der Waals surface area (Å²) in [4.78, 5) is 3.63. The lowest BCUT2D eigenvalue weighted by Gasteiger charge is -2.24. The van der Waals surface area contributed by atoms with Crippen LogP contribution in [-0.4, -0.2) is 30.2 Å². The van der Waals surface area contributed by atoms with Gasteiger partial charge in [-0.25, -0.2) is 0 Å². The number of aliphatic hydroxyl groups is 1. The number of halogens is 1. The molecule has 0 aromatic carbocycles. The van der Waals surface area contributed by atoms with Gasteiger partial charge < -0.3 is 10.0 Å². The Balaban J connectivity index is 2.43. The maximum absolute atomic E-state index is 9.28. The summed E-state index contributed by atoms with van der Waals surface area (Å²) in [6.07, 6.45) is 0. The molecule has 1 aromatic heterocycles. The predicted molar refractivity (Wildman–Crippen MR) is 73.8 cm³/mol. The monoisotopic (exact) mass is 305 g/mol. The standard InChI is InChI=1S/C12H20BrNOS/c1-9(2)10(7-15)5-14(3)6-12-4-11(13)8-16-12/h4,8-10,15H,5-7H2,1-3H3. The van der Waals surface area contributed by atoms with Gasteiger partial charge in [-0.2, -0.15) is 0 Å². The van der Waals surface area contributed by atoms with Crippen LogP contribution >= 0.6 is 27.3 Å². The zero-order valence-corrected chi connectivity index (χ0v) is 12.5. The fraction of sp³-hybridized carbons (Fsp3) is 0.667. The molecule has 0 aliphatic heterocycles. The van der Waals surface area contributed by atoms with Crippen LogP contribution in [0.2, 0.25) is 0 Å². The maximum atomic E-state index is 9.28. The molecule has 0 radical (unpaired) electrons. The summed E-state index contributed by atoms with van der Waals surface area (Å²) in [5.41, 5.74) is 0. The summed E-state index contributed by atoms with van der Waals surface area (Å²) in [5.74, 6) is 0.899. The van der Waals surface area contributed by atoms with E-state index in [0.717, 1.165) is 17.6 Å². The summed E-state index contributed by atoms with van der Waals surface area (Å²) in [6, 6.07) is 2.16. The van der Waals surface area contributed by atoms with Gasteiger partial charge in [0.15, 0.2) is 0 Å². The van der Waals surface area contributed by atoms with Crippen molar-refractivity contribution in [1.82, 2.24) is 4.90 Å². The number of aliphatic hydroxyl groups excluding tert-OH is 1. The van der Waals surface area contributed by atoms with Crippen molar-refractivity contribution >= 4 is 27.3 Å². The Morgan fingerprint density at radius 1 is 1.50 bits per heavy atom. The van der Waals surface area contributed by atoms with Crippen LogP contribution in [0.15, 0.2) is 15.9 Å². The Morgan fingerprint density at radius 2 is 2.19 bits per heavy atom. The molecular weight excluding hydrogens is 286 g/mol. The third kappa shape index (κ3) is 4.53. The van der Waals surface area contributed by atoms with Crippen molar-refractivity contribution < 1.29 is 5.11 Å². The summed E-state index contributed by atoms with van der Waals surface area (Å²) in [6.45, 7) is 6.51. The summed E-state index contributed by atoms with van der Waals surface area (Å²) in [7, 11) is 2.11. The molecule has 0 saturated heterocycles. The van der Waals surface area contributed by atoms with E-state index in [1.165, 1.54) is 4.88 Å². The average Bonchev–Trinajstić information content (AvgIpc) is 2.60. The first-order valence-corrected chi connectivity index (χ1v) is 7.22. The Hall–Kier alpha value is 0.1000. The van der Waals surface area contributed by atoms with Gasteiger partial charge in [0.05, 0.1) is 0 Å². The molecule has 1 rings (SSSR count). The first kappa shape index (κ1) is 14.2. The lowest BCUT2D eigenvalue weighted by atomic mass is 9.96. The molecule has 1 unspecified atom stereocenters. The highest BCUT2D eigenvalue weighted by molar-refractivity contribution is 9.10. The van der Waals surface area contributed by atoms with E-state index in [2.05, 4.69) is 53.2 Å². The highest BCUT2D eigenvalue weighted by Crippen LogP contribution is 2.21. The molecule has 0 bridgehead atoms. The molecular formula is C12H20BrNOS. The zero-order valence-electron chi connectivity index (χ0n) is 10.1. The van der Waals surface area contributed by atoms with Gasteiger partial charge in [-0.1, -0.05) is 13.8 Å². The average molecular weight is 306 g/mol. The maximum Gasteiger partial charge on any atom is 0.0473 e. The molecule has 0 saturated carbocycles. The Kier molecular flexibility index (Phi) is 5.97. The zero-order chi connectivity index (χ0) is 12.1. The van der Waals surface area contributed by atoms with Crippen LogP contribution < -0.4 is 0 Å². The molecule has 0 aliphatic carbocycles. The molecule has 0 aliphatic rings. The van der Waals surface area contributed by atoms with Crippen LogP contribution in [-0.2, 0) is 6.54 Å². The lowest BCUT2D eigenvalue weighted by Crippen LogP contribution is -2.30. The lowest BCUT2D eigenvalue weighted by molar-refractivity contribution is 0.144. The molecule has 4 heteroatoms. The van der Waals surface area contributed by atoms with E-state index in [1.54, 1.807) is 11.3 Å². The molecule has 2 nitrogen and oxygen atoms in total. The predicted octanol–water partition coefficient (Wildman–Crippen LogP) is 3.21. The van der Waals surface area contributed by atoms with Crippen LogP contribution in [0.3, 0.4) is 0 Å². The number of nitrogens with zero attached hydrogens (tertiary/aromatic N) is 1. The van der Waals surface area contributed by atoms with Gasteiger partial charge in [-0.3, -0.25) is 0 Å². The molecule has 0 spiro atoms. The van der Waals surface area contributed by atoms with Gasteiger partial charge >= 0.3 is 0 Å². The second-order valence-corrected chi connectivity index (χ2v) is 6.53. The van der Waals surface area contributed by atoms with E-state index in [1.807, 2.05) is 0 Å². The molecule has 92 valence electrons. The van der Waals surface area contributed by atoms with Crippen molar-refractivity contribution in [2.45, 2.75) is 20.4 Å². The summed E-state index contributed by atoms with van der Waals surface area (Å²) >= 11 is 5.23. The Morgan fingerprint density at radius 3 is 2.62 bits per heavy atom. The SMILES string of the molecule is CC(C)C(CO)CN(C)Cc1cc(Br)cs1. The number of hydrogen-bond acceptors (Lipinski definition) is 3. The van der Waals surface area contributed by atoms with E-state index in [9.17, 15) is 5.11 Å². The normalized spacial score (nSPS) is 13.7. The fourth-order valence-electron chi connectivity index (χ4n) is 1.65. The summed E-state index contributed by atoms with van der Waals surface area (Å²) < 4.78 is 1.16. The minimum atomic E-state index is 0.274. The van der Waals surface area contributed by atoms with Crippen LogP contribution in [0.1, 0.15) is 18.7 Å². The molecule has 1 heterocycles. The largest absolute Gasteiger partial charge is 0.396 e. The highest BCUT2D eigenvalue weighted by atomic mass is 79.9. The van der Waals surface area contributed by atoms with Gasteiger partial charge in [-0.05, 0) is 40.9 Å². The molecule has 1 aromatic rings. The minimum Gasteiger partial charge on any atom is -0.396 e. The third-order valence-corrected chi connectivity index (χ3v) is 4.45. The van der Waals surface area contributed by atoms with Crippen LogP contribution in [0.5, 0.6) is 0 Å². The first-order valence-electron chi connectivity index (χ1n) is 5.55.